The van der Waals surface area contributed by atoms with E-state index in [0.29, 0.717) is 5.76 Å². The van der Waals surface area contributed by atoms with Crippen molar-refractivity contribution in [2.24, 2.45) is 5.41 Å². The van der Waals surface area contributed by atoms with E-state index in [1.165, 1.54) is 0 Å². The molecule has 1 atom stereocenters. The minimum absolute atomic E-state index is 0.0383. The Labute approximate surface area is 170 Å². The van der Waals surface area contributed by atoms with Crippen molar-refractivity contribution in [3.05, 3.63) is 108 Å². The number of nitrogens with zero attached hydrogens (tertiary/aromatic N) is 1. The highest BCUT2D eigenvalue weighted by Crippen LogP contribution is 2.54. The summed E-state index contributed by atoms with van der Waals surface area (Å²) in [6, 6.07) is 28.0. The molecule has 3 nitrogen and oxygen atoms in total. The first-order valence-electron chi connectivity index (χ1n) is 9.73. The Bertz CT molecular complexity index is 1160. The molecule has 1 unspecified atom stereocenters. The molecule has 0 radical (unpaired) electrons. The zero-order chi connectivity index (χ0) is 20.0. The fourth-order valence-electron chi connectivity index (χ4n) is 4.30. The number of anilines is 1. The third kappa shape index (κ3) is 2.62. The minimum atomic E-state index is -0.822. The molecule has 142 valence electrons. The quantitative estimate of drug-likeness (QED) is 0.579. The van der Waals surface area contributed by atoms with Crippen molar-refractivity contribution in [1.29, 1.82) is 0 Å². The van der Waals surface area contributed by atoms with Crippen LogP contribution in [0.25, 0.3) is 17.1 Å². The molecule has 3 aromatic rings. The van der Waals surface area contributed by atoms with Gasteiger partial charge in [0.15, 0.2) is 0 Å². The summed E-state index contributed by atoms with van der Waals surface area (Å²) in [5.74, 6) is 1.48. The Balaban J connectivity index is 1.82. The lowest BCUT2D eigenvalue weighted by Crippen LogP contribution is -2.45. The third-order valence-corrected chi connectivity index (χ3v) is 5.76. The van der Waals surface area contributed by atoms with Gasteiger partial charge in [-0.1, -0.05) is 78.9 Å². The summed E-state index contributed by atoms with van der Waals surface area (Å²) < 4.78 is 6.50. The van der Waals surface area contributed by atoms with E-state index in [1.807, 2.05) is 98.9 Å². The van der Waals surface area contributed by atoms with Gasteiger partial charge in [0.25, 0.3) is 0 Å². The molecular weight excluding hydrogens is 358 g/mol. The van der Waals surface area contributed by atoms with E-state index in [0.717, 1.165) is 33.7 Å². The van der Waals surface area contributed by atoms with Crippen molar-refractivity contribution in [3.63, 3.8) is 0 Å². The molecular formula is C26H21NO2. The van der Waals surface area contributed by atoms with Crippen molar-refractivity contribution in [2.45, 2.75) is 6.92 Å². The first-order valence-corrected chi connectivity index (χ1v) is 9.73. The predicted octanol–water partition coefficient (Wildman–Crippen LogP) is 5.61. The van der Waals surface area contributed by atoms with Crippen LogP contribution in [0.4, 0.5) is 5.69 Å². The van der Waals surface area contributed by atoms with Crippen molar-refractivity contribution in [2.75, 3.05) is 11.9 Å². The zero-order valence-corrected chi connectivity index (χ0v) is 16.4. The van der Waals surface area contributed by atoms with Gasteiger partial charge in [-0.25, -0.2) is 0 Å². The Morgan fingerprint density at radius 3 is 2.07 bits per heavy atom. The highest BCUT2D eigenvalue weighted by molar-refractivity contribution is 6.18. The van der Waals surface area contributed by atoms with Gasteiger partial charge in [-0.15, -0.1) is 0 Å². The molecule has 0 fully saturated rings. The van der Waals surface area contributed by atoms with E-state index in [2.05, 4.69) is 6.07 Å². The van der Waals surface area contributed by atoms with Crippen LogP contribution in [0.5, 0.6) is 0 Å². The first kappa shape index (κ1) is 17.5. The van der Waals surface area contributed by atoms with E-state index < -0.39 is 5.41 Å². The van der Waals surface area contributed by atoms with Crippen molar-refractivity contribution in [1.82, 2.24) is 0 Å². The summed E-state index contributed by atoms with van der Waals surface area (Å²) in [7, 11) is 1.84. The van der Waals surface area contributed by atoms with Crippen LogP contribution in [0.1, 0.15) is 23.6 Å². The fourth-order valence-corrected chi connectivity index (χ4v) is 4.30. The van der Waals surface area contributed by atoms with Crippen LogP contribution in [-0.4, -0.2) is 13.0 Å². The van der Waals surface area contributed by atoms with Gasteiger partial charge in [0.1, 0.15) is 11.5 Å². The van der Waals surface area contributed by atoms with Crippen LogP contribution < -0.4 is 4.90 Å². The van der Waals surface area contributed by atoms with Gasteiger partial charge in [-0.05, 0) is 19.1 Å². The molecule has 0 saturated carbocycles. The summed E-state index contributed by atoms with van der Waals surface area (Å²) in [6.45, 7) is 1.99. The lowest BCUT2D eigenvalue weighted by molar-refractivity contribution is -0.122. The van der Waals surface area contributed by atoms with E-state index in [-0.39, 0.29) is 5.91 Å². The topological polar surface area (TPSA) is 29.5 Å². The third-order valence-electron chi connectivity index (χ3n) is 5.76. The maximum absolute atomic E-state index is 13.6. The number of amides is 1. The highest BCUT2D eigenvalue weighted by Gasteiger charge is 2.48. The molecule has 0 saturated heterocycles. The number of hydrogen-bond donors (Lipinski definition) is 0. The second kappa shape index (κ2) is 6.49. The average Bonchev–Trinajstić information content (AvgIpc) is 2.78. The highest BCUT2D eigenvalue weighted by atomic mass is 16.5. The average molecular weight is 379 g/mol. The molecule has 0 aliphatic carbocycles. The van der Waals surface area contributed by atoms with Gasteiger partial charge in [0.05, 0.1) is 11.1 Å². The zero-order valence-electron chi connectivity index (χ0n) is 16.4. The minimum Gasteiger partial charge on any atom is -0.456 e. The maximum Gasteiger partial charge on any atom is 0.241 e. The number of hydrogen-bond acceptors (Lipinski definition) is 2. The van der Waals surface area contributed by atoms with Gasteiger partial charge in [-0.3, -0.25) is 4.79 Å². The van der Waals surface area contributed by atoms with Gasteiger partial charge in [0, 0.05) is 29.3 Å². The molecule has 2 aliphatic rings. The summed E-state index contributed by atoms with van der Waals surface area (Å²) in [6.07, 6.45) is 1.97. The number of benzene rings is 3. The van der Waals surface area contributed by atoms with Crippen LogP contribution in [-0.2, 0) is 9.53 Å². The summed E-state index contributed by atoms with van der Waals surface area (Å²) >= 11 is 0. The second-order valence-electron chi connectivity index (χ2n) is 7.63. The van der Waals surface area contributed by atoms with E-state index in [4.69, 9.17) is 4.74 Å². The van der Waals surface area contributed by atoms with Crippen LogP contribution in [0.2, 0.25) is 0 Å². The summed E-state index contributed by atoms with van der Waals surface area (Å²) in [5.41, 5.74) is 3.94. The van der Waals surface area contributed by atoms with Crippen molar-refractivity contribution >= 4 is 28.7 Å². The monoisotopic (exact) mass is 379 g/mol. The number of ether oxygens (including phenoxy) is 1. The molecule has 1 amide bonds. The largest absolute Gasteiger partial charge is 0.456 e. The molecule has 3 aromatic carbocycles. The smallest absolute Gasteiger partial charge is 0.241 e. The number of carbonyl (C=O) groups is 1. The molecule has 0 N–H and O–H groups in total. The Hall–Kier alpha value is -3.59. The molecule has 2 aliphatic heterocycles. The molecule has 0 bridgehead atoms. The van der Waals surface area contributed by atoms with Crippen LogP contribution in [0.3, 0.4) is 0 Å². The fraction of sp³-hybridized carbons (Fsp3) is 0.115. The van der Waals surface area contributed by atoms with Gasteiger partial charge < -0.3 is 9.64 Å². The molecule has 2 heterocycles. The first-order chi connectivity index (χ1) is 14.1. The normalized spacial score (nSPS) is 20.6. The van der Waals surface area contributed by atoms with Gasteiger partial charge in [0.2, 0.25) is 5.91 Å². The molecule has 29 heavy (non-hydrogen) atoms. The maximum atomic E-state index is 13.6. The van der Waals surface area contributed by atoms with E-state index >= 15 is 0 Å². The molecule has 5 rings (SSSR count). The lowest BCUT2D eigenvalue weighted by atomic mass is 9.71. The second-order valence-corrected chi connectivity index (χ2v) is 7.63. The van der Waals surface area contributed by atoms with Crippen LogP contribution in [0.15, 0.2) is 91.0 Å². The lowest BCUT2D eigenvalue weighted by Gasteiger charge is -2.42. The molecule has 0 spiro atoms. The summed E-state index contributed by atoms with van der Waals surface area (Å²) in [4.78, 5) is 15.3. The van der Waals surface area contributed by atoms with E-state index in [9.17, 15) is 4.79 Å². The Kier molecular flexibility index (Phi) is 3.92. The number of rotatable bonds is 2. The van der Waals surface area contributed by atoms with Crippen LogP contribution in [0, 0.1) is 5.41 Å². The van der Waals surface area contributed by atoms with Crippen LogP contribution >= 0.6 is 0 Å². The summed E-state index contributed by atoms with van der Waals surface area (Å²) in [5, 5.41) is 0. The number of para-hydroxylation sites is 1. The predicted molar refractivity (Wildman–Crippen MR) is 117 cm³/mol. The van der Waals surface area contributed by atoms with Gasteiger partial charge in [-0.2, -0.15) is 0 Å². The Morgan fingerprint density at radius 2 is 1.38 bits per heavy atom. The SMILES string of the molecule is CN1C(=O)C2(C)C=C(c3ccccc3)OC(c3ccccc3)=C2c2ccccc21. The van der Waals surface area contributed by atoms with E-state index in [1.54, 1.807) is 4.90 Å². The van der Waals surface area contributed by atoms with Crippen molar-refractivity contribution < 1.29 is 9.53 Å². The molecule has 0 aromatic heterocycles. The Morgan fingerprint density at radius 1 is 0.793 bits per heavy atom. The van der Waals surface area contributed by atoms with Gasteiger partial charge >= 0.3 is 0 Å². The number of fused-ring (bicyclic) bond motifs is 3. The van der Waals surface area contributed by atoms with Crippen molar-refractivity contribution in [3.8, 4) is 0 Å². The number of carbonyl (C=O) groups excluding carboxylic acids is 1. The molecule has 3 heteroatoms. The standard InChI is InChI=1S/C26H21NO2/c1-26-17-22(18-11-5-3-6-12-18)29-24(19-13-7-4-8-14-19)23(26)20-15-9-10-16-21(20)27(2)25(26)28/h3-17H,1-2H3.